The van der Waals surface area contributed by atoms with Crippen molar-refractivity contribution < 1.29 is 32.9 Å². The molecule has 0 saturated heterocycles. The van der Waals surface area contributed by atoms with Crippen LogP contribution in [0, 0.1) is 5.82 Å². The Bertz CT molecular complexity index is 999. The number of hydrogen-bond acceptors (Lipinski definition) is 6. The molecule has 9 heteroatoms. The van der Waals surface area contributed by atoms with E-state index in [2.05, 4.69) is 5.32 Å². The normalized spacial score (nSPS) is 15.8. The lowest BCUT2D eigenvalue weighted by Gasteiger charge is -2.34. The summed E-state index contributed by atoms with van der Waals surface area (Å²) in [4.78, 5) is 27.0. The fourth-order valence-electron chi connectivity index (χ4n) is 3.31. The fourth-order valence-corrected chi connectivity index (χ4v) is 3.31. The maximum Gasteiger partial charge on any atom is 0.338 e. The van der Waals surface area contributed by atoms with Gasteiger partial charge in [0.15, 0.2) is 0 Å². The lowest BCUT2D eigenvalue weighted by atomic mass is 9.94. The van der Waals surface area contributed by atoms with Gasteiger partial charge in [-0.3, -0.25) is 4.90 Å². The van der Waals surface area contributed by atoms with Crippen LogP contribution in [0.15, 0.2) is 53.7 Å². The number of rotatable bonds is 8. The maximum absolute atomic E-state index is 13.2. The summed E-state index contributed by atoms with van der Waals surface area (Å²) in [7, 11) is 4.55. The number of nitrogens with one attached hydrogen (secondary N) is 1. The predicted octanol–water partition coefficient (Wildman–Crippen LogP) is 3.44. The number of urea groups is 1. The zero-order valence-electron chi connectivity index (χ0n) is 18.3. The molecule has 1 heterocycles. The highest BCUT2D eigenvalue weighted by atomic mass is 19.1. The molecule has 3 rings (SSSR count). The van der Waals surface area contributed by atoms with E-state index in [9.17, 15) is 14.0 Å². The van der Waals surface area contributed by atoms with E-state index in [0.717, 1.165) is 0 Å². The number of carbonyl (C=O) groups is 2. The summed E-state index contributed by atoms with van der Waals surface area (Å²) in [5.74, 6) is 0.398. The lowest BCUT2D eigenvalue weighted by Crippen LogP contribution is -2.48. The van der Waals surface area contributed by atoms with Crippen LogP contribution in [-0.4, -0.2) is 51.4 Å². The maximum atomic E-state index is 13.2. The third-order valence-corrected chi connectivity index (χ3v) is 4.97. The third kappa shape index (κ3) is 4.93. The average molecular weight is 444 g/mol. The van der Waals surface area contributed by atoms with Gasteiger partial charge in [-0.15, -0.1) is 0 Å². The molecule has 2 amide bonds. The van der Waals surface area contributed by atoms with Gasteiger partial charge in [0.1, 0.15) is 29.7 Å². The molecule has 1 aliphatic heterocycles. The molecular formula is C23H25FN2O6. The zero-order chi connectivity index (χ0) is 23.3. The van der Waals surface area contributed by atoms with Gasteiger partial charge in [0, 0.05) is 13.1 Å². The highest BCUT2D eigenvalue weighted by Crippen LogP contribution is 2.35. The number of halogens is 1. The van der Waals surface area contributed by atoms with Gasteiger partial charge in [0.2, 0.25) is 0 Å². The van der Waals surface area contributed by atoms with Gasteiger partial charge in [-0.2, -0.15) is 0 Å². The summed E-state index contributed by atoms with van der Waals surface area (Å²) in [6.45, 7) is 1.74. The largest absolute Gasteiger partial charge is 0.497 e. The van der Waals surface area contributed by atoms with Gasteiger partial charge in [-0.25, -0.2) is 14.0 Å². The second-order valence-electron chi connectivity index (χ2n) is 6.91. The van der Waals surface area contributed by atoms with Gasteiger partial charge in [-0.05, 0) is 48.9 Å². The van der Waals surface area contributed by atoms with Gasteiger partial charge in [-0.1, -0.05) is 0 Å². The molecule has 0 spiro atoms. The van der Waals surface area contributed by atoms with Crippen LogP contribution in [0.3, 0.4) is 0 Å². The van der Waals surface area contributed by atoms with Crippen molar-refractivity contribution in [1.82, 2.24) is 10.2 Å². The fraction of sp³-hybridized carbons (Fsp3) is 0.304. The molecule has 0 saturated carbocycles. The molecular weight excluding hydrogens is 419 g/mol. The van der Waals surface area contributed by atoms with Crippen LogP contribution in [0.1, 0.15) is 18.5 Å². The van der Waals surface area contributed by atoms with Crippen LogP contribution in [0.2, 0.25) is 0 Å². The van der Waals surface area contributed by atoms with E-state index in [0.29, 0.717) is 28.5 Å². The van der Waals surface area contributed by atoms with E-state index in [-0.39, 0.29) is 18.8 Å². The topological polar surface area (TPSA) is 86.3 Å². The summed E-state index contributed by atoms with van der Waals surface area (Å²) in [5.41, 5.74) is 1.11. The Hall–Kier alpha value is -3.75. The van der Waals surface area contributed by atoms with Crippen LogP contribution >= 0.6 is 0 Å². The molecule has 0 radical (unpaired) electrons. The summed E-state index contributed by atoms with van der Waals surface area (Å²) in [5, 5.41) is 2.82. The monoisotopic (exact) mass is 444 g/mol. The molecule has 1 aliphatic rings. The van der Waals surface area contributed by atoms with Crippen LogP contribution in [0.4, 0.5) is 9.18 Å². The minimum atomic E-state index is -0.825. The standard InChI is InChI=1S/C23H25FN2O6/c1-5-31-22(27)20-19(13-32-16-8-6-15(24)7-9-16)26(2)23(28)25-21(20)14-10-17(29-3)12-18(11-14)30-4/h6-12,21H,5,13H2,1-4H3,(H,25,28)/t21-/m0/s1. The van der Waals surface area contributed by atoms with E-state index in [1.807, 2.05) is 0 Å². The quantitative estimate of drug-likeness (QED) is 0.628. The van der Waals surface area contributed by atoms with E-state index >= 15 is 0 Å². The number of benzene rings is 2. The molecule has 1 N–H and O–H groups in total. The molecule has 0 aliphatic carbocycles. The number of likely N-dealkylation sites (N-methyl/N-ethyl adjacent to an activating group) is 1. The lowest BCUT2D eigenvalue weighted by molar-refractivity contribution is -0.139. The van der Waals surface area contributed by atoms with Crippen molar-refractivity contribution in [2.75, 3.05) is 34.5 Å². The summed E-state index contributed by atoms with van der Waals surface area (Å²) in [6, 6.07) is 9.30. The molecule has 0 unspecified atom stereocenters. The molecule has 2 aromatic carbocycles. The van der Waals surface area contributed by atoms with E-state index in [4.69, 9.17) is 18.9 Å². The Morgan fingerprint density at radius 3 is 2.25 bits per heavy atom. The van der Waals surface area contributed by atoms with Crippen molar-refractivity contribution >= 4 is 12.0 Å². The Balaban J connectivity index is 2.07. The van der Waals surface area contributed by atoms with Crippen LogP contribution in [0.25, 0.3) is 0 Å². The van der Waals surface area contributed by atoms with Crippen LogP contribution in [-0.2, 0) is 9.53 Å². The van der Waals surface area contributed by atoms with Crippen molar-refractivity contribution in [2.45, 2.75) is 13.0 Å². The van der Waals surface area contributed by atoms with Gasteiger partial charge < -0.3 is 24.3 Å². The highest BCUT2D eigenvalue weighted by molar-refractivity contribution is 5.95. The predicted molar refractivity (Wildman–Crippen MR) is 114 cm³/mol. The number of methoxy groups -OCH3 is 2. The summed E-state index contributed by atoms with van der Waals surface area (Å²) < 4.78 is 34.9. The van der Waals surface area contributed by atoms with Crippen molar-refractivity contribution in [3.8, 4) is 17.2 Å². The number of esters is 1. The molecule has 2 aromatic rings. The van der Waals surface area contributed by atoms with Gasteiger partial charge in [0.25, 0.3) is 0 Å². The summed E-state index contributed by atoms with van der Waals surface area (Å²) in [6.07, 6.45) is 0. The molecule has 8 nitrogen and oxygen atoms in total. The molecule has 0 aromatic heterocycles. The molecule has 170 valence electrons. The second-order valence-corrected chi connectivity index (χ2v) is 6.91. The number of hydrogen-bond donors (Lipinski definition) is 1. The Kier molecular flexibility index (Phi) is 7.19. The smallest absolute Gasteiger partial charge is 0.338 e. The van der Waals surface area contributed by atoms with Gasteiger partial charge in [0.05, 0.1) is 38.1 Å². The highest BCUT2D eigenvalue weighted by Gasteiger charge is 2.37. The second kappa shape index (κ2) is 10.0. The Morgan fingerprint density at radius 2 is 1.69 bits per heavy atom. The first kappa shape index (κ1) is 22.9. The number of carbonyl (C=O) groups excluding carboxylic acids is 2. The minimum Gasteiger partial charge on any atom is -0.497 e. The Labute approximate surface area is 185 Å². The SMILES string of the molecule is CCOC(=O)C1=C(COc2ccc(F)cc2)N(C)C(=O)N[C@H]1c1cc(OC)cc(OC)c1. The van der Waals surface area contributed by atoms with Gasteiger partial charge >= 0.3 is 12.0 Å². The van der Waals surface area contributed by atoms with Crippen LogP contribution in [0.5, 0.6) is 17.2 Å². The van der Waals surface area contributed by atoms with Crippen molar-refractivity contribution in [1.29, 1.82) is 0 Å². The minimum absolute atomic E-state index is 0.110. The first-order valence-electron chi connectivity index (χ1n) is 9.93. The third-order valence-electron chi connectivity index (χ3n) is 4.97. The average Bonchev–Trinajstić information content (AvgIpc) is 2.80. The van der Waals surface area contributed by atoms with Crippen molar-refractivity contribution in [2.24, 2.45) is 0 Å². The first-order valence-corrected chi connectivity index (χ1v) is 9.93. The number of ether oxygens (including phenoxy) is 4. The Morgan fingerprint density at radius 1 is 1.06 bits per heavy atom. The summed E-state index contributed by atoms with van der Waals surface area (Å²) >= 11 is 0. The van der Waals surface area contributed by atoms with Crippen LogP contribution < -0.4 is 19.5 Å². The zero-order valence-corrected chi connectivity index (χ0v) is 18.3. The molecule has 1 atom stereocenters. The number of amides is 2. The molecule has 0 bridgehead atoms. The molecule has 32 heavy (non-hydrogen) atoms. The molecule has 0 fully saturated rings. The van der Waals surface area contributed by atoms with E-state index < -0.39 is 23.9 Å². The van der Waals surface area contributed by atoms with Crippen molar-refractivity contribution in [3.63, 3.8) is 0 Å². The number of nitrogens with zero attached hydrogens (tertiary/aromatic N) is 1. The van der Waals surface area contributed by atoms with E-state index in [1.165, 1.54) is 50.4 Å². The van der Waals surface area contributed by atoms with E-state index in [1.54, 1.807) is 25.1 Å². The first-order chi connectivity index (χ1) is 15.4. The van der Waals surface area contributed by atoms with Crippen molar-refractivity contribution in [3.05, 3.63) is 65.1 Å².